The lowest BCUT2D eigenvalue weighted by atomic mass is 10.0. The summed E-state index contributed by atoms with van der Waals surface area (Å²) in [4.78, 5) is 10.7. The molecule has 1 atom stereocenters. The lowest BCUT2D eigenvalue weighted by Crippen LogP contribution is -2.35. The molecule has 0 bridgehead atoms. The molecule has 1 aliphatic carbocycles. The van der Waals surface area contributed by atoms with Crippen LogP contribution in [0.3, 0.4) is 0 Å². The van der Waals surface area contributed by atoms with E-state index in [2.05, 4.69) is 11.4 Å². The van der Waals surface area contributed by atoms with Crippen LogP contribution in [0.4, 0.5) is 0 Å². The highest BCUT2D eigenvalue weighted by molar-refractivity contribution is 5.77. The van der Waals surface area contributed by atoms with Gasteiger partial charge in [0.2, 0.25) is 5.91 Å². The lowest BCUT2D eigenvalue weighted by molar-refractivity contribution is -0.124. The Kier molecular flexibility index (Phi) is 3.11. The van der Waals surface area contributed by atoms with Gasteiger partial charge < -0.3 is 10.4 Å². The summed E-state index contributed by atoms with van der Waals surface area (Å²) in [5.74, 6) is -0.290. The second-order valence-electron chi connectivity index (χ2n) is 2.69. The van der Waals surface area contributed by atoms with E-state index < -0.39 is 6.61 Å². The Labute approximate surface area is 66.1 Å². The summed E-state index contributed by atoms with van der Waals surface area (Å²) >= 11 is 0. The molecule has 0 saturated heterocycles. The third kappa shape index (κ3) is 2.72. The number of carbonyl (C=O) groups excluding carboxylic acids is 1. The van der Waals surface area contributed by atoms with Gasteiger partial charge in [-0.2, -0.15) is 0 Å². The second-order valence-corrected chi connectivity index (χ2v) is 2.69. The maximum Gasteiger partial charge on any atom is 0.246 e. The molecule has 0 aromatic rings. The van der Waals surface area contributed by atoms with Crippen LogP contribution in [0.5, 0.6) is 0 Å². The molecule has 0 heterocycles. The Morgan fingerprint density at radius 2 is 2.55 bits per heavy atom. The molecule has 3 heteroatoms. The molecular formula is C8H13NO2. The molecule has 1 amide bonds. The van der Waals surface area contributed by atoms with Crippen molar-refractivity contribution in [1.82, 2.24) is 5.32 Å². The molecule has 3 nitrogen and oxygen atoms in total. The number of amides is 1. The minimum Gasteiger partial charge on any atom is -0.387 e. The first kappa shape index (κ1) is 8.27. The van der Waals surface area contributed by atoms with Crippen molar-refractivity contribution in [2.75, 3.05) is 6.61 Å². The van der Waals surface area contributed by atoms with E-state index in [0.717, 1.165) is 19.3 Å². The first-order valence-corrected chi connectivity index (χ1v) is 3.90. The fourth-order valence-corrected chi connectivity index (χ4v) is 1.19. The highest BCUT2D eigenvalue weighted by Crippen LogP contribution is 2.09. The third-order valence-electron chi connectivity index (χ3n) is 1.74. The summed E-state index contributed by atoms with van der Waals surface area (Å²) in [5.41, 5.74) is 0. The second kappa shape index (κ2) is 4.13. The number of hydrogen-bond acceptors (Lipinski definition) is 2. The Morgan fingerprint density at radius 3 is 3.09 bits per heavy atom. The fraction of sp³-hybridized carbons (Fsp3) is 0.625. The summed E-state index contributed by atoms with van der Waals surface area (Å²) in [7, 11) is 0. The minimum absolute atomic E-state index is 0.142. The van der Waals surface area contributed by atoms with Gasteiger partial charge in [-0.3, -0.25) is 4.79 Å². The van der Waals surface area contributed by atoms with Gasteiger partial charge >= 0.3 is 0 Å². The van der Waals surface area contributed by atoms with Gasteiger partial charge in [-0.15, -0.1) is 0 Å². The van der Waals surface area contributed by atoms with Gasteiger partial charge in [0, 0.05) is 6.04 Å². The Bertz CT molecular complexity index is 165. The average molecular weight is 155 g/mol. The highest BCUT2D eigenvalue weighted by atomic mass is 16.3. The molecule has 1 unspecified atom stereocenters. The van der Waals surface area contributed by atoms with Crippen LogP contribution in [0.2, 0.25) is 0 Å². The molecular weight excluding hydrogens is 142 g/mol. The number of hydrogen-bond donors (Lipinski definition) is 2. The molecule has 0 aromatic carbocycles. The standard InChI is InChI=1S/C8H13NO2/c10-6-8(11)9-7-4-2-1-3-5-7/h2,4,7,10H,1,3,5-6H2,(H,9,11). The summed E-state index contributed by atoms with van der Waals surface area (Å²) in [6.45, 7) is -0.412. The Morgan fingerprint density at radius 1 is 1.73 bits per heavy atom. The largest absolute Gasteiger partial charge is 0.387 e. The number of aliphatic hydroxyl groups excluding tert-OH is 1. The van der Waals surface area contributed by atoms with Gasteiger partial charge in [-0.25, -0.2) is 0 Å². The predicted molar refractivity (Wildman–Crippen MR) is 42.0 cm³/mol. The van der Waals surface area contributed by atoms with Crippen molar-refractivity contribution >= 4 is 5.91 Å². The molecule has 62 valence electrons. The van der Waals surface area contributed by atoms with Crippen molar-refractivity contribution < 1.29 is 9.90 Å². The smallest absolute Gasteiger partial charge is 0.246 e. The molecule has 2 N–H and O–H groups in total. The first-order chi connectivity index (χ1) is 5.33. The van der Waals surface area contributed by atoms with Gasteiger partial charge in [0.05, 0.1) is 0 Å². The third-order valence-corrected chi connectivity index (χ3v) is 1.74. The van der Waals surface area contributed by atoms with Gasteiger partial charge in [0.15, 0.2) is 0 Å². The zero-order valence-electron chi connectivity index (χ0n) is 6.42. The topological polar surface area (TPSA) is 49.3 Å². The molecule has 0 spiro atoms. The average Bonchev–Trinajstić information content (AvgIpc) is 2.06. The van der Waals surface area contributed by atoms with Crippen molar-refractivity contribution in [1.29, 1.82) is 0 Å². The van der Waals surface area contributed by atoms with Crippen molar-refractivity contribution in [3.05, 3.63) is 12.2 Å². The van der Waals surface area contributed by atoms with E-state index >= 15 is 0 Å². The number of aliphatic hydroxyl groups is 1. The monoisotopic (exact) mass is 155 g/mol. The Hall–Kier alpha value is -0.830. The Balaban J connectivity index is 2.30. The molecule has 0 aliphatic heterocycles. The van der Waals surface area contributed by atoms with Gasteiger partial charge in [-0.1, -0.05) is 12.2 Å². The van der Waals surface area contributed by atoms with Crippen molar-refractivity contribution in [3.63, 3.8) is 0 Å². The maximum atomic E-state index is 10.7. The number of carbonyl (C=O) groups is 1. The molecule has 0 saturated carbocycles. The van der Waals surface area contributed by atoms with Crippen LogP contribution >= 0.6 is 0 Å². The number of allylic oxidation sites excluding steroid dienone is 1. The molecule has 0 fully saturated rings. The van der Waals surface area contributed by atoms with Crippen LogP contribution in [0.1, 0.15) is 19.3 Å². The van der Waals surface area contributed by atoms with Gasteiger partial charge in [-0.05, 0) is 19.3 Å². The van der Waals surface area contributed by atoms with Crippen LogP contribution in [0.25, 0.3) is 0 Å². The molecule has 0 aromatic heterocycles. The van der Waals surface area contributed by atoms with Crippen molar-refractivity contribution in [3.8, 4) is 0 Å². The summed E-state index contributed by atoms with van der Waals surface area (Å²) in [5, 5.41) is 11.1. The minimum atomic E-state index is -0.412. The highest BCUT2D eigenvalue weighted by Gasteiger charge is 2.09. The van der Waals surface area contributed by atoms with Crippen LogP contribution in [0, 0.1) is 0 Å². The van der Waals surface area contributed by atoms with Crippen LogP contribution < -0.4 is 5.32 Å². The van der Waals surface area contributed by atoms with Gasteiger partial charge in [0.25, 0.3) is 0 Å². The molecule has 1 rings (SSSR count). The maximum absolute atomic E-state index is 10.7. The fourth-order valence-electron chi connectivity index (χ4n) is 1.19. The van der Waals surface area contributed by atoms with Crippen molar-refractivity contribution in [2.45, 2.75) is 25.3 Å². The molecule has 11 heavy (non-hydrogen) atoms. The summed E-state index contributed by atoms with van der Waals surface area (Å²) < 4.78 is 0. The normalized spacial score (nSPS) is 23.2. The quantitative estimate of drug-likeness (QED) is 0.560. The summed E-state index contributed by atoms with van der Waals surface area (Å²) in [6, 6.07) is 0.142. The van der Waals surface area contributed by atoms with E-state index in [-0.39, 0.29) is 11.9 Å². The first-order valence-electron chi connectivity index (χ1n) is 3.90. The molecule has 1 aliphatic rings. The number of rotatable bonds is 2. The van der Waals surface area contributed by atoms with E-state index in [9.17, 15) is 4.79 Å². The van der Waals surface area contributed by atoms with Crippen LogP contribution in [-0.4, -0.2) is 23.7 Å². The number of nitrogens with one attached hydrogen (secondary N) is 1. The zero-order chi connectivity index (χ0) is 8.10. The van der Waals surface area contributed by atoms with E-state index in [0.29, 0.717) is 0 Å². The van der Waals surface area contributed by atoms with Gasteiger partial charge in [0.1, 0.15) is 6.61 Å². The summed E-state index contributed by atoms with van der Waals surface area (Å²) in [6.07, 6.45) is 7.25. The van der Waals surface area contributed by atoms with E-state index in [4.69, 9.17) is 5.11 Å². The SMILES string of the molecule is O=C(CO)NC1C=CCCC1. The van der Waals surface area contributed by atoms with Crippen LogP contribution in [0.15, 0.2) is 12.2 Å². The lowest BCUT2D eigenvalue weighted by Gasteiger charge is -2.16. The predicted octanol–water partition coefficient (Wildman–Crippen LogP) is 0.204. The van der Waals surface area contributed by atoms with Crippen molar-refractivity contribution in [2.24, 2.45) is 0 Å². The van der Waals surface area contributed by atoms with E-state index in [1.54, 1.807) is 0 Å². The van der Waals surface area contributed by atoms with E-state index in [1.807, 2.05) is 6.08 Å². The van der Waals surface area contributed by atoms with Crippen LogP contribution in [-0.2, 0) is 4.79 Å². The zero-order valence-corrected chi connectivity index (χ0v) is 6.42. The van der Waals surface area contributed by atoms with E-state index in [1.165, 1.54) is 0 Å². The molecule has 0 radical (unpaired) electrons.